The summed E-state index contributed by atoms with van der Waals surface area (Å²) in [5, 5.41) is 2.83. The fourth-order valence-corrected chi connectivity index (χ4v) is 4.39. The van der Waals surface area contributed by atoms with Gasteiger partial charge >= 0.3 is 0 Å². The Hall–Kier alpha value is -2.33. The highest BCUT2D eigenvalue weighted by Crippen LogP contribution is 2.12. The Balaban J connectivity index is 1.67. The first-order valence-corrected chi connectivity index (χ1v) is 11.3. The van der Waals surface area contributed by atoms with Crippen LogP contribution in [-0.4, -0.2) is 64.7 Å². The van der Waals surface area contributed by atoms with Crippen molar-refractivity contribution in [2.24, 2.45) is 0 Å². The largest absolute Gasteiger partial charge is 0.379 e. The fourth-order valence-electron chi connectivity index (χ4n) is 3.19. The van der Waals surface area contributed by atoms with Gasteiger partial charge in [0.15, 0.2) is 0 Å². The number of halogens is 1. The van der Waals surface area contributed by atoms with Gasteiger partial charge in [-0.15, -0.1) is 0 Å². The topological polar surface area (TPSA) is 87.7 Å². The molecular weight excluding hydrogens is 409 g/mol. The lowest BCUT2D eigenvalue weighted by Gasteiger charge is -2.27. The lowest BCUT2D eigenvalue weighted by atomic mass is 10.1. The van der Waals surface area contributed by atoms with Crippen molar-refractivity contribution < 1.29 is 22.3 Å². The number of sulfonamides is 1. The number of hydrogen-bond acceptors (Lipinski definition) is 5. The average Bonchev–Trinajstić information content (AvgIpc) is 2.75. The maximum Gasteiger partial charge on any atom is 0.241 e. The summed E-state index contributed by atoms with van der Waals surface area (Å²) in [6.07, 6.45) is 0.199. The summed E-state index contributed by atoms with van der Waals surface area (Å²) in [7, 11) is -3.99. The molecule has 1 heterocycles. The van der Waals surface area contributed by atoms with Crippen molar-refractivity contribution in [3.8, 4) is 0 Å². The molecule has 162 valence electrons. The van der Waals surface area contributed by atoms with Crippen LogP contribution in [-0.2, 0) is 26.0 Å². The highest BCUT2D eigenvalue weighted by atomic mass is 32.2. The minimum absolute atomic E-state index is 0.0944. The summed E-state index contributed by atoms with van der Waals surface area (Å²) in [4.78, 5) is 14.9. The Labute approximate surface area is 176 Å². The zero-order valence-electron chi connectivity index (χ0n) is 16.6. The van der Waals surface area contributed by atoms with Gasteiger partial charge in [0, 0.05) is 26.2 Å². The van der Waals surface area contributed by atoms with E-state index >= 15 is 0 Å². The quantitative estimate of drug-likeness (QED) is 0.617. The number of ether oxygens (including phenoxy) is 1. The molecule has 2 aromatic rings. The Morgan fingerprint density at radius 2 is 1.73 bits per heavy atom. The minimum Gasteiger partial charge on any atom is -0.379 e. The van der Waals surface area contributed by atoms with E-state index in [4.69, 9.17) is 4.74 Å². The Bertz CT molecular complexity index is 917. The zero-order chi connectivity index (χ0) is 21.4. The minimum atomic E-state index is -3.99. The van der Waals surface area contributed by atoms with E-state index in [9.17, 15) is 17.6 Å². The molecule has 1 amide bonds. The van der Waals surface area contributed by atoms with Gasteiger partial charge in [-0.05, 0) is 36.2 Å². The van der Waals surface area contributed by atoms with Crippen LogP contribution in [0.3, 0.4) is 0 Å². The molecule has 0 aliphatic carbocycles. The highest BCUT2D eigenvalue weighted by molar-refractivity contribution is 7.89. The predicted molar refractivity (Wildman–Crippen MR) is 111 cm³/mol. The standard InChI is InChI=1S/C21H26FN3O4S/c22-18-6-8-19(9-7-18)30(27,28)24-20(16-17-4-2-1-3-5-17)21(26)23-10-11-25-12-14-29-15-13-25/h1-9,20,24H,10-16H2,(H,23,26)/t20-/m1/s1. The van der Waals surface area contributed by atoms with Crippen LogP contribution < -0.4 is 10.0 Å². The SMILES string of the molecule is O=C(NCCN1CCOCC1)[C@@H](Cc1ccccc1)NS(=O)(=O)c1ccc(F)cc1. The van der Waals surface area contributed by atoms with E-state index in [-0.39, 0.29) is 11.3 Å². The number of amides is 1. The highest BCUT2D eigenvalue weighted by Gasteiger charge is 2.26. The number of rotatable bonds is 9. The molecule has 0 unspecified atom stereocenters. The van der Waals surface area contributed by atoms with Gasteiger partial charge in [-0.25, -0.2) is 12.8 Å². The third kappa shape index (κ3) is 6.60. The molecule has 0 radical (unpaired) electrons. The fraction of sp³-hybridized carbons (Fsp3) is 0.381. The monoisotopic (exact) mass is 435 g/mol. The summed E-state index contributed by atoms with van der Waals surface area (Å²) in [6.45, 7) is 4.02. The van der Waals surface area contributed by atoms with Gasteiger partial charge < -0.3 is 10.1 Å². The van der Waals surface area contributed by atoms with Crippen LogP contribution in [0.1, 0.15) is 5.56 Å². The molecule has 2 aromatic carbocycles. The summed E-state index contributed by atoms with van der Waals surface area (Å²) in [5.41, 5.74) is 0.827. The van der Waals surface area contributed by atoms with E-state index in [1.807, 2.05) is 30.3 Å². The van der Waals surface area contributed by atoms with Crippen LogP contribution in [0.15, 0.2) is 59.5 Å². The van der Waals surface area contributed by atoms with Crippen LogP contribution in [0.5, 0.6) is 0 Å². The van der Waals surface area contributed by atoms with Gasteiger partial charge in [0.25, 0.3) is 0 Å². The summed E-state index contributed by atoms with van der Waals surface area (Å²) in [6, 6.07) is 12.7. The Morgan fingerprint density at radius 3 is 2.40 bits per heavy atom. The molecule has 3 rings (SSSR count). The summed E-state index contributed by atoms with van der Waals surface area (Å²) in [5.74, 6) is -0.937. The summed E-state index contributed by atoms with van der Waals surface area (Å²) < 4.78 is 46.4. The van der Waals surface area contributed by atoms with Crippen molar-refractivity contribution >= 4 is 15.9 Å². The third-order valence-corrected chi connectivity index (χ3v) is 6.34. The number of nitrogens with zero attached hydrogens (tertiary/aromatic N) is 1. The van der Waals surface area contributed by atoms with Gasteiger partial charge in [0.1, 0.15) is 11.9 Å². The number of nitrogens with one attached hydrogen (secondary N) is 2. The second-order valence-corrected chi connectivity index (χ2v) is 8.78. The molecule has 30 heavy (non-hydrogen) atoms. The van der Waals surface area contributed by atoms with E-state index in [0.29, 0.717) is 26.3 Å². The molecule has 1 saturated heterocycles. The van der Waals surface area contributed by atoms with E-state index in [1.165, 1.54) is 12.1 Å². The van der Waals surface area contributed by atoms with Crippen molar-refractivity contribution in [3.63, 3.8) is 0 Å². The first-order chi connectivity index (χ1) is 14.4. The molecule has 1 atom stereocenters. The normalized spacial score (nSPS) is 16.2. The first kappa shape index (κ1) is 22.4. The van der Waals surface area contributed by atoms with Crippen molar-refractivity contribution in [1.29, 1.82) is 0 Å². The van der Waals surface area contributed by atoms with E-state index in [1.54, 1.807) is 0 Å². The second kappa shape index (κ2) is 10.6. The maximum absolute atomic E-state index is 13.2. The van der Waals surface area contributed by atoms with Crippen molar-refractivity contribution in [3.05, 3.63) is 66.0 Å². The van der Waals surface area contributed by atoms with Crippen LogP contribution in [0.25, 0.3) is 0 Å². The van der Waals surface area contributed by atoms with Crippen molar-refractivity contribution in [2.75, 3.05) is 39.4 Å². The number of carbonyl (C=O) groups excluding carboxylic acids is 1. The van der Waals surface area contributed by atoms with E-state index in [0.717, 1.165) is 30.8 Å². The van der Waals surface area contributed by atoms with Crippen LogP contribution in [0.4, 0.5) is 4.39 Å². The zero-order valence-corrected chi connectivity index (χ0v) is 17.4. The van der Waals surface area contributed by atoms with E-state index < -0.39 is 27.8 Å². The van der Waals surface area contributed by atoms with E-state index in [2.05, 4.69) is 14.9 Å². The molecule has 0 aromatic heterocycles. The van der Waals surface area contributed by atoms with Crippen molar-refractivity contribution in [1.82, 2.24) is 14.9 Å². The molecule has 2 N–H and O–H groups in total. The lowest BCUT2D eigenvalue weighted by molar-refractivity contribution is -0.122. The van der Waals surface area contributed by atoms with Crippen LogP contribution >= 0.6 is 0 Å². The second-order valence-electron chi connectivity index (χ2n) is 7.06. The van der Waals surface area contributed by atoms with Gasteiger partial charge in [-0.2, -0.15) is 4.72 Å². The lowest BCUT2D eigenvalue weighted by Crippen LogP contribution is -2.49. The molecule has 9 heteroatoms. The number of carbonyl (C=O) groups is 1. The molecule has 0 bridgehead atoms. The Morgan fingerprint density at radius 1 is 1.07 bits per heavy atom. The molecule has 1 fully saturated rings. The van der Waals surface area contributed by atoms with Crippen LogP contribution in [0, 0.1) is 5.82 Å². The number of benzene rings is 2. The molecule has 7 nitrogen and oxygen atoms in total. The van der Waals surface area contributed by atoms with Gasteiger partial charge in [0.2, 0.25) is 15.9 Å². The molecular formula is C21H26FN3O4S. The molecule has 1 aliphatic rings. The van der Waals surface area contributed by atoms with Gasteiger partial charge in [-0.3, -0.25) is 9.69 Å². The molecule has 1 aliphatic heterocycles. The van der Waals surface area contributed by atoms with Crippen molar-refractivity contribution in [2.45, 2.75) is 17.4 Å². The molecule has 0 spiro atoms. The smallest absolute Gasteiger partial charge is 0.241 e. The average molecular weight is 436 g/mol. The predicted octanol–water partition coefficient (Wildman–Crippen LogP) is 1.16. The summed E-state index contributed by atoms with van der Waals surface area (Å²) >= 11 is 0. The van der Waals surface area contributed by atoms with Gasteiger partial charge in [0.05, 0.1) is 18.1 Å². The van der Waals surface area contributed by atoms with Gasteiger partial charge in [-0.1, -0.05) is 30.3 Å². The number of hydrogen-bond donors (Lipinski definition) is 2. The number of morpholine rings is 1. The first-order valence-electron chi connectivity index (χ1n) is 9.84. The third-order valence-electron chi connectivity index (χ3n) is 4.85. The Kier molecular flexibility index (Phi) is 7.92. The van der Waals surface area contributed by atoms with Crippen LogP contribution in [0.2, 0.25) is 0 Å². The molecule has 0 saturated carbocycles. The maximum atomic E-state index is 13.2.